The molecule has 0 saturated carbocycles. The lowest BCUT2D eigenvalue weighted by atomic mass is 9.99. The van der Waals surface area contributed by atoms with E-state index in [0.717, 1.165) is 28.2 Å². The summed E-state index contributed by atoms with van der Waals surface area (Å²) in [4.78, 5) is 11.6. The fraction of sp³-hybridized carbons (Fsp3) is 0.115. The van der Waals surface area contributed by atoms with Crippen LogP contribution in [0.15, 0.2) is 91.0 Å². The van der Waals surface area contributed by atoms with Crippen LogP contribution in [0.3, 0.4) is 0 Å². The Labute approximate surface area is 170 Å². The van der Waals surface area contributed by atoms with E-state index in [2.05, 4.69) is 48.7 Å². The van der Waals surface area contributed by atoms with Crippen molar-refractivity contribution in [3.8, 4) is 28.1 Å². The molecule has 0 saturated heterocycles. The minimum absolute atomic E-state index is 0.246. The molecule has 0 aliphatic carbocycles. The monoisotopic (exact) mass is 381 g/mol. The van der Waals surface area contributed by atoms with Gasteiger partial charge < -0.3 is 9.67 Å². The van der Waals surface area contributed by atoms with Gasteiger partial charge in [0.2, 0.25) is 0 Å². The number of nitrogens with zero attached hydrogens (tertiary/aromatic N) is 1. The van der Waals surface area contributed by atoms with Crippen molar-refractivity contribution in [2.75, 3.05) is 0 Å². The summed E-state index contributed by atoms with van der Waals surface area (Å²) in [6, 6.07) is 29.9. The van der Waals surface area contributed by atoms with Gasteiger partial charge in [-0.2, -0.15) is 0 Å². The summed E-state index contributed by atoms with van der Waals surface area (Å²) in [5.41, 5.74) is 6.77. The highest BCUT2D eigenvalue weighted by molar-refractivity contribution is 5.88. The molecule has 4 aromatic rings. The van der Waals surface area contributed by atoms with E-state index < -0.39 is 5.97 Å². The number of hydrogen-bond donors (Lipinski definition) is 1. The Morgan fingerprint density at radius 1 is 0.793 bits per heavy atom. The van der Waals surface area contributed by atoms with Crippen molar-refractivity contribution in [1.82, 2.24) is 4.57 Å². The van der Waals surface area contributed by atoms with Gasteiger partial charge in [0.1, 0.15) is 0 Å². The van der Waals surface area contributed by atoms with Crippen molar-refractivity contribution >= 4 is 5.97 Å². The van der Waals surface area contributed by atoms with E-state index in [1.807, 2.05) is 42.5 Å². The molecule has 0 fully saturated rings. The van der Waals surface area contributed by atoms with E-state index in [4.69, 9.17) is 0 Å². The van der Waals surface area contributed by atoms with Crippen LogP contribution in [0.2, 0.25) is 0 Å². The molecule has 0 unspecified atom stereocenters. The Bertz CT molecular complexity index is 1140. The molecule has 0 radical (unpaired) electrons. The summed E-state index contributed by atoms with van der Waals surface area (Å²) in [5.74, 6) is -0.675. The third kappa shape index (κ3) is 3.59. The molecular formula is C26H23NO2. The zero-order chi connectivity index (χ0) is 20.4. The van der Waals surface area contributed by atoms with E-state index in [-0.39, 0.29) is 11.5 Å². The number of carboxylic acids is 1. The lowest BCUT2D eigenvalue weighted by molar-refractivity contribution is 0.0697. The lowest BCUT2D eigenvalue weighted by Crippen LogP contribution is -2.06. The van der Waals surface area contributed by atoms with E-state index in [9.17, 15) is 9.90 Å². The molecular weight excluding hydrogens is 358 g/mol. The Morgan fingerprint density at radius 2 is 1.41 bits per heavy atom. The quantitative estimate of drug-likeness (QED) is 0.421. The van der Waals surface area contributed by atoms with Gasteiger partial charge in [-0.05, 0) is 41.3 Å². The molecule has 1 aromatic heterocycles. The highest BCUT2D eigenvalue weighted by atomic mass is 16.4. The number of aromatic nitrogens is 1. The third-order valence-electron chi connectivity index (χ3n) is 5.09. The van der Waals surface area contributed by atoms with Gasteiger partial charge in [0.15, 0.2) is 0 Å². The number of carbonyl (C=O) groups is 1. The SMILES string of the molecule is CC(C)c1c(-c2ccccc2)cc(-c2ccccc2)n1-c1cccc(C(=O)O)c1. The van der Waals surface area contributed by atoms with E-state index in [1.54, 1.807) is 18.2 Å². The summed E-state index contributed by atoms with van der Waals surface area (Å²) in [5, 5.41) is 9.49. The van der Waals surface area contributed by atoms with Crippen LogP contribution in [0.5, 0.6) is 0 Å². The van der Waals surface area contributed by atoms with Crippen molar-refractivity contribution in [1.29, 1.82) is 0 Å². The first-order valence-electron chi connectivity index (χ1n) is 9.76. The number of aromatic carboxylic acids is 1. The van der Waals surface area contributed by atoms with E-state index in [0.29, 0.717) is 0 Å². The number of rotatable bonds is 5. The maximum atomic E-state index is 11.6. The van der Waals surface area contributed by atoms with Crippen LogP contribution in [0.4, 0.5) is 0 Å². The molecule has 0 aliphatic rings. The molecule has 0 amide bonds. The smallest absolute Gasteiger partial charge is 0.335 e. The fourth-order valence-corrected chi connectivity index (χ4v) is 3.82. The van der Waals surface area contributed by atoms with Crippen molar-refractivity contribution in [3.63, 3.8) is 0 Å². The predicted octanol–water partition coefficient (Wildman–Crippen LogP) is 6.63. The van der Waals surface area contributed by atoms with Gasteiger partial charge in [0, 0.05) is 16.9 Å². The van der Waals surface area contributed by atoms with Crippen LogP contribution < -0.4 is 0 Å². The molecule has 4 rings (SSSR count). The van der Waals surface area contributed by atoms with Crippen molar-refractivity contribution in [2.45, 2.75) is 19.8 Å². The molecule has 0 atom stereocenters. The lowest BCUT2D eigenvalue weighted by Gasteiger charge is -2.18. The van der Waals surface area contributed by atoms with Crippen LogP contribution in [-0.2, 0) is 0 Å². The zero-order valence-corrected chi connectivity index (χ0v) is 16.5. The summed E-state index contributed by atoms with van der Waals surface area (Å²) >= 11 is 0. The second kappa shape index (κ2) is 7.80. The fourth-order valence-electron chi connectivity index (χ4n) is 3.82. The van der Waals surface area contributed by atoms with Crippen LogP contribution >= 0.6 is 0 Å². The molecule has 0 bridgehead atoms. The molecule has 144 valence electrons. The first kappa shape index (κ1) is 18.8. The molecule has 1 heterocycles. The molecule has 0 aliphatic heterocycles. The topological polar surface area (TPSA) is 42.2 Å². The highest BCUT2D eigenvalue weighted by Gasteiger charge is 2.21. The van der Waals surface area contributed by atoms with Gasteiger partial charge in [-0.15, -0.1) is 0 Å². The predicted molar refractivity (Wildman–Crippen MR) is 118 cm³/mol. The molecule has 3 nitrogen and oxygen atoms in total. The first-order valence-corrected chi connectivity index (χ1v) is 9.76. The Balaban J connectivity index is 2.06. The summed E-state index contributed by atoms with van der Waals surface area (Å²) in [7, 11) is 0. The molecule has 3 heteroatoms. The van der Waals surface area contributed by atoms with Gasteiger partial charge in [-0.1, -0.05) is 80.6 Å². The summed E-state index contributed by atoms with van der Waals surface area (Å²) in [6.45, 7) is 4.35. The van der Waals surface area contributed by atoms with Crippen LogP contribution in [0, 0.1) is 0 Å². The number of hydrogen-bond acceptors (Lipinski definition) is 1. The first-order chi connectivity index (χ1) is 14.1. The second-order valence-electron chi connectivity index (χ2n) is 7.41. The minimum Gasteiger partial charge on any atom is -0.478 e. The van der Waals surface area contributed by atoms with Gasteiger partial charge >= 0.3 is 5.97 Å². The third-order valence-corrected chi connectivity index (χ3v) is 5.09. The van der Waals surface area contributed by atoms with Crippen molar-refractivity contribution in [2.24, 2.45) is 0 Å². The molecule has 29 heavy (non-hydrogen) atoms. The molecule has 3 aromatic carbocycles. The van der Waals surface area contributed by atoms with Crippen molar-refractivity contribution < 1.29 is 9.90 Å². The largest absolute Gasteiger partial charge is 0.478 e. The van der Waals surface area contributed by atoms with E-state index in [1.165, 1.54) is 5.56 Å². The number of carboxylic acid groups (broad SMARTS) is 1. The Hall–Kier alpha value is -3.59. The van der Waals surface area contributed by atoms with Crippen LogP contribution in [0.1, 0.15) is 35.8 Å². The van der Waals surface area contributed by atoms with Crippen molar-refractivity contribution in [3.05, 3.63) is 102 Å². The van der Waals surface area contributed by atoms with Gasteiger partial charge in [0.05, 0.1) is 11.3 Å². The minimum atomic E-state index is -0.922. The normalized spacial score (nSPS) is 11.0. The van der Waals surface area contributed by atoms with Crippen LogP contribution in [0.25, 0.3) is 28.1 Å². The van der Waals surface area contributed by atoms with E-state index >= 15 is 0 Å². The standard InChI is InChI=1S/C26H23NO2/c1-18(2)25-23(19-10-5-3-6-11-19)17-24(20-12-7-4-8-13-20)27(25)22-15-9-14-21(16-22)26(28)29/h3-18H,1-2H3,(H,28,29). The Kier molecular flexibility index (Phi) is 5.05. The maximum Gasteiger partial charge on any atom is 0.335 e. The van der Waals surface area contributed by atoms with Crippen LogP contribution in [-0.4, -0.2) is 15.6 Å². The maximum absolute atomic E-state index is 11.6. The highest BCUT2D eigenvalue weighted by Crippen LogP contribution is 2.39. The second-order valence-corrected chi connectivity index (χ2v) is 7.41. The molecule has 0 spiro atoms. The average molecular weight is 381 g/mol. The summed E-state index contributed by atoms with van der Waals surface area (Å²) in [6.07, 6.45) is 0. The summed E-state index contributed by atoms with van der Waals surface area (Å²) < 4.78 is 2.20. The average Bonchev–Trinajstić information content (AvgIpc) is 3.16. The zero-order valence-electron chi connectivity index (χ0n) is 16.5. The van der Waals surface area contributed by atoms with Gasteiger partial charge in [-0.3, -0.25) is 0 Å². The molecule has 1 N–H and O–H groups in total. The van der Waals surface area contributed by atoms with Gasteiger partial charge in [0.25, 0.3) is 0 Å². The number of benzene rings is 3. The Morgan fingerprint density at radius 3 is 2.00 bits per heavy atom. The van der Waals surface area contributed by atoms with Gasteiger partial charge in [-0.25, -0.2) is 4.79 Å².